The number of benzene rings is 1. The number of carbonyl (C=O) groups is 1. The standard InChI is InChI=1S/C15H22N2O/c1-2-13(16)8-11-17-14(18)15(9-10-15)12-6-4-3-5-7-12/h3-7,13H,2,8-11,16H2,1H3,(H,17,18). The van der Waals surface area contributed by atoms with E-state index in [0.717, 1.165) is 31.2 Å². The molecule has 3 heteroatoms. The van der Waals surface area contributed by atoms with Gasteiger partial charge in [-0.2, -0.15) is 0 Å². The van der Waals surface area contributed by atoms with Crippen molar-refractivity contribution in [2.45, 2.75) is 44.1 Å². The third-order valence-electron chi connectivity index (χ3n) is 3.84. The van der Waals surface area contributed by atoms with Crippen molar-refractivity contribution in [3.05, 3.63) is 35.9 Å². The van der Waals surface area contributed by atoms with Gasteiger partial charge in [0.15, 0.2) is 0 Å². The Morgan fingerprint density at radius 3 is 2.61 bits per heavy atom. The Morgan fingerprint density at radius 1 is 1.39 bits per heavy atom. The minimum atomic E-state index is -0.252. The zero-order valence-corrected chi connectivity index (χ0v) is 11.0. The molecular weight excluding hydrogens is 224 g/mol. The van der Waals surface area contributed by atoms with Gasteiger partial charge in [-0.1, -0.05) is 37.3 Å². The number of nitrogens with two attached hydrogens (primary N) is 1. The summed E-state index contributed by atoms with van der Waals surface area (Å²) >= 11 is 0. The van der Waals surface area contributed by atoms with Gasteiger partial charge in [0.2, 0.25) is 5.91 Å². The number of amides is 1. The molecule has 0 bridgehead atoms. The van der Waals surface area contributed by atoms with Crippen molar-refractivity contribution in [3.8, 4) is 0 Å². The van der Waals surface area contributed by atoms with E-state index < -0.39 is 0 Å². The summed E-state index contributed by atoms with van der Waals surface area (Å²) in [6.45, 7) is 2.75. The first kappa shape index (κ1) is 13.1. The van der Waals surface area contributed by atoms with Crippen LogP contribution < -0.4 is 11.1 Å². The monoisotopic (exact) mass is 246 g/mol. The second-order valence-electron chi connectivity index (χ2n) is 5.16. The van der Waals surface area contributed by atoms with Crippen LogP contribution in [0.25, 0.3) is 0 Å². The van der Waals surface area contributed by atoms with E-state index >= 15 is 0 Å². The Kier molecular flexibility index (Phi) is 4.02. The van der Waals surface area contributed by atoms with Crippen molar-refractivity contribution in [2.24, 2.45) is 5.73 Å². The molecular formula is C15H22N2O. The molecule has 1 aromatic carbocycles. The Morgan fingerprint density at radius 2 is 2.06 bits per heavy atom. The van der Waals surface area contributed by atoms with E-state index in [2.05, 4.69) is 12.2 Å². The number of hydrogen-bond acceptors (Lipinski definition) is 2. The Balaban J connectivity index is 1.90. The molecule has 1 aliphatic carbocycles. The number of hydrogen-bond donors (Lipinski definition) is 2. The summed E-state index contributed by atoms with van der Waals surface area (Å²) in [5.41, 5.74) is 6.73. The predicted octanol–water partition coefficient (Wildman–Crippen LogP) is 1.96. The molecule has 1 aromatic rings. The molecule has 1 fully saturated rings. The topological polar surface area (TPSA) is 55.1 Å². The molecule has 1 aliphatic rings. The molecule has 0 aromatic heterocycles. The van der Waals surface area contributed by atoms with E-state index in [9.17, 15) is 4.79 Å². The molecule has 0 heterocycles. The summed E-state index contributed by atoms with van der Waals surface area (Å²) in [6, 6.07) is 10.3. The molecule has 3 N–H and O–H groups in total. The van der Waals surface area contributed by atoms with E-state index in [-0.39, 0.29) is 17.4 Å². The fraction of sp³-hybridized carbons (Fsp3) is 0.533. The molecule has 1 atom stereocenters. The van der Waals surface area contributed by atoms with Crippen molar-refractivity contribution in [2.75, 3.05) is 6.54 Å². The molecule has 2 rings (SSSR count). The maximum atomic E-state index is 12.2. The molecule has 98 valence electrons. The van der Waals surface area contributed by atoms with Crippen LogP contribution in [0.3, 0.4) is 0 Å². The molecule has 1 saturated carbocycles. The third kappa shape index (κ3) is 2.72. The SMILES string of the molecule is CCC(N)CCNC(=O)C1(c2ccccc2)CC1. The molecule has 0 aliphatic heterocycles. The quantitative estimate of drug-likeness (QED) is 0.806. The van der Waals surface area contributed by atoms with Crippen LogP contribution in [-0.2, 0) is 10.2 Å². The molecule has 0 saturated heterocycles. The average Bonchev–Trinajstić information content (AvgIpc) is 3.21. The summed E-state index contributed by atoms with van der Waals surface area (Å²) in [4.78, 5) is 12.2. The van der Waals surface area contributed by atoms with Gasteiger partial charge >= 0.3 is 0 Å². The number of carbonyl (C=O) groups excluding carboxylic acids is 1. The number of nitrogens with one attached hydrogen (secondary N) is 1. The van der Waals surface area contributed by atoms with Crippen LogP contribution in [0.5, 0.6) is 0 Å². The molecule has 1 amide bonds. The van der Waals surface area contributed by atoms with Gasteiger partial charge in [-0.15, -0.1) is 0 Å². The average molecular weight is 246 g/mol. The molecule has 0 radical (unpaired) electrons. The van der Waals surface area contributed by atoms with Gasteiger partial charge in [-0.25, -0.2) is 0 Å². The fourth-order valence-electron chi connectivity index (χ4n) is 2.27. The van der Waals surface area contributed by atoms with Crippen LogP contribution in [-0.4, -0.2) is 18.5 Å². The van der Waals surface area contributed by atoms with Crippen LogP contribution in [0.15, 0.2) is 30.3 Å². The van der Waals surface area contributed by atoms with Crippen LogP contribution in [0.2, 0.25) is 0 Å². The van der Waals surface area contributed by atoms with Crippen LogP contribution in [0.4, 0.5) is 0 Å². The first-order valence-corrected chi connectivity index (χ1v) is 6.78. The van der Waals surface area contributed by atoms with E-state index in [0.29, 0.717) is 6.54 Å². The lowest BCUT2D eigenvalue weighted by Gasteiger charge is -2.16. The number of rotatable bonds is 6. The lowest BCUT2D eigenvalue weighted by atomic mass is 9.95. The summed E-state index contributed by atoms with van der Waals surface area (Å²) in [6.07, 6.45) is 3.73. The van der Waals surface area contributed by atoms with Gasteiger partial charge in [0, 0.05) is 12.6 Å². The summed E-state index contributed by atoms with van der Waals surface area (Å²) in [5.74, 6) is 0.164. The fourth-order valence-corrected chi connectivity index (χ4v) is 2.27. The predicted molar refractivity (Wildman–Crippen MR) is 73.2 cm³/mol. The largest absolute Gasteiger partial charge is 0.355 e. The molecule has 3 nitrogen and oxygen atoms in total. The zero-order valence-electron chi connectivity index (χ0n) is 11.0. The normalized spacial score (nSPS) is 18.1. The summed E-state index contributed by atoms with van der Waals surface area (Å²) < 4.78 is 0. The van der Waals surface area contributed by atoms with Gasteiger partial charge < -0.3 is 11.1 Å². The van der Waals surface area contributed by atoms with Gasteiger partial charge in [0.25, 0.3) is 0 Å². The van der Waals surface area contributed by atoms with Gasteiger partial charge in [-0.3, -0.25) is 4.79 Å². The summed E-state index contributed by atoms with van der Waals surface area (Å²) in [7, 11) is 0. The van der Waals surface area contributed by atoms with Crippen molar-refractivity contribution >= 4 is 5.91 Å². The van der Waals surface area contributed by atoms with Crippen LogP contribution in [0.1, 0.15) is 38.2 Å². The summed E-state index contributed by atoms with van der Waals surface area (Å²) in [5, 5.41) is 3.03. The van der Waals surface area contributed by atoms with Gasteiger partial charge in [-0.05, 0) is 31.2 Å². The van der Waals surface area contributed by atoms with Crippen molar-refractivity contribution in [1.82, 2.24) is 5.32 Å². The molecule has 18 heavy (non-hydrogen) atoms. The van der Waals surface area contributed by atoms with Crippen LogP contribution in [0, 0.1) is 0 Å². The minimum Gasteiger partial charge on any atom is -0.355 e. The van der Waals surface area contributed by atoms with Crippen molar-refractivity contribution < 1.29 is 4.79 Å². The first-order chi connectivity index (χ1) is 8.69. The second-order valence-corrected chi connectivity index (χ2v) is 5.16. The maximum absolute atomic E-state index is 12.2. The highest BCUT2D eigenvalue weighted by atomic mass is 16.2. The third-order valence-corrected chi connectivity index (χ3v) is 3.84. The lowest BCUT2D eigenvalue weighted by molar-refractivity contribution is -0.123. The highest BCUT2D eigenvalue weighted by molar-refractivity contribution is 5.91. The minimum absolute atomic E-state index is 0.164. The maximum Gasteiger partial charge on any atom is 0.230 e. The smallest absolute Gasteiger partial charge is 0.230 e. The second kappa shape index (κ2) is 5.53. The van der Waals surface area contributed by atoms with Crippen molar-refractivity contribution in [1.29, 1.82) is 0 Å². The Labute approximate surface area is 109 Å². The Hall–Kier alpha value is -1.35. The van der Waals surface area contributed by atoms with Crippen LogP contribution >= 0.6 is 0 Å². The van der Waals surface area contributed by atoms with E-state index in [1.807, 2.05) is 30.3 Å². The lowest BCUT2D eigenvalue weighted by Crippen LogP contribution is -2.37. The van der Waals surface area contributed by atoms with E-state index in [1.54, 1.807) is 0 Å². The molecule has 0 spiro atoms. The van der Waals surface area contributed by atoms with E-state index in [1.165, 1.54) is 0 Å². The highest BCUT2D eigenvalue weighted by Gasteiger charge is 2.50. The zero-order chi connectivity index (χ0) is 13.0. The van der Waals surface area contributed by atoms with E-state index in [4.69, 9.17) is 5.73 Å². The highest BCUT2D eigenvalue weighted by Crippen LogP contribution is 2.48. The van der Waals surface area contributed by atoms with Gasteiger partial charge in [0.05, 0.1) is 5.41 Å². The first-order valence-electron chi connectivity index (χ1n) is 6.78. The Bertz CT molecular complexity index is 398. The van der Waals surface area contributed by atoms with Gasteiger partial charge in [0.1, 0.15) is 0 Å². The molecule has 1 unspecified atom stereocenters. The van der Waals surface area contributed by atoms with Crippen molar-refractivity contribution in [3.63, 3.8) is 0 Å².